The van der Waals surface area contributed by atoms with Crippen molar-refractivity contribution in [2.24, 2.45) is 0 Å². The summed E-state index contributed by atoms with van der Waals surface area (Å²) in [7, 11) is 0. The molecule has 3 aromatic rings. The summed E-state index contributed by atoms with van der Waals surface area (Å²) in [4.78, 5) is 8.69. The minimum Gasteiger partial charge on any atom is -0.339 e. The quantitative estimate of drug-likeness (QED) is 0.746. The zero-order valence-corrected chi connectivity index (χ0v) is 13.4. The van der Waals surface area contributed by atoms with Crippen LogP contribution < -0.4 is 5.32 Å². The van der Waals surface area contributed by atoms with Crippen LogP contribution in [0.2, 0.25) is 0 Å². The number of rotatable bonds is 6. The summed E-state index contributed by atoms with van der Waals surface area (Å²) in [5, 5.41) is 11.0. The van der Waals surface area contributed by atoms with E-state index in [2.05, 4.69) is 25.6 Å². The van der Waals surface area contributed by atoms with Crippen molar-refractivity contribution in [3.8, 4) is 0 Å². The minimum absolute atomic E-state index is 0.191. The highest BCUT2D eigenvalue weighted by molar-refractivity contribution is 5.23. The summed E-state index contributed by atoms with van der Waals surface area (Å²) < 4.78 is 10.5. The van der Waals surface area contributed by atoms with Gasteiger partial charge in [0, 0.05) is 5.92 Å². The molecule has 3 rings (SSSR count). The average Bonchev–Trinajstić information content (AvgIpc) is 3.18. The summed E-state index contributed by atoms with van der Waals surface area (Å²) in [6, 6.07) is 10.2. The highest BCUT2D eigenvalue weighted by Crippen LogP contribution is 2.18. The zero-order valence-electron chi connectivity index (χ0n) is 13.4. The van der Waals surface area contributed by atoms with Crippen LogP contribution in [0.5, 0.6) is 0 Å². The average molecular weight is 313 g/mol. The molecule has 0 aliphatic carbocycles. The van der Waals surface area contributed by atoms with Gasteiger partial charge in [-0.25, -0.2) is 0 Å². The molecular formula is C16H19N5O2. The molecule has 0 spiro atoms. The Morgan fingerprint density at radius 2 is 1.70 bits per heavy atom. The van der Waals surface area contributed by atoms with Gasteiger partial charge >= 0.3 is 6.01 Å². The molecule has 0 amide bonds. The van der Waals surface area contributed by atoms with Gasteiger partial charge < -0.3 is 14.4 Å². The molecular weight excluding hydrogens is 294 g/mol. The Bertz CT molecular complexity index is 751. The molecule has 0 aliphatic heterocycles. The van der Waals surface area contributed by atoms with Gasteiger partial charge in [0.05, 0.1) is 12.5 Å². The van der Waals surface area contributed by atoms with E-state index in [-0.39, 0.29) is 12.0 Å². The van der Waals surface area contributed by atoms with Gasteiger partial charge in [-0.3, -0.25) is 0 Å². The Kier molecular flexibility index (Phi) is 4.36. The first kappa shape index (κ1) is 15.2. The maximum Gasteiger partial charge on any atom is 0.322 e. The molecule has 0 aliphatic rings. The summed E-state index contributed by atoms with van der Waals surface area (Å²) in [5.41, 5.74) is 1.13. The molecule has 0 saturated carbocycles. The van der Waals surface area contributed by atoms with Crippen LogP contribution >= 0.6 is 0 Å². The number of hydrogen-bond acceptors (Lipinski definition) is 7. The second-order valence-electron chi connectivity index (χ2n) is 5.69. The molecule has 0 fully saturated rings. The lowest BCUT2D eigenvalue weighted by Crippen LogP contribution is -2.09. The third-order valence-electron chi connectivity index (χ3n) is 3.37. The fourth-order valence-electron chi connectivity index (χ4n) is 2.06. The van der Waals surface area contributed by atoms with Gasteiger partial charge in [-0.05, 0) is 12.5 Å². The standard InChI is InChI=1S/C16H19N5O2/c1-10(2)14-19-16(23-20-14)17-11(3)15-18-13(22-21-15)9-12-7-5-4-6-8-12/h4-8,10-11H,9H2,1-3H3,(H,17,19,20). The lowest BCUT2D eigenvalue weighted by Gasteiger charge is -2.05. The maximum atomic E-state index is 5.30. The maximum absolute atomic E-state index is 5.30. The van der Waals surface area contributed by atoms with Crippen LogP contribution in [0.15, 0.2) is 39.4 Å². The molecule has 120 valence electrons. The molecule has 23 heavy (non-hydrogen) atoms. The molecule has 1 unspecified atom stereocenters. The smallest absolute Gasteiger partial charge is 0.322 e. The third-order valence-corrected chi connectivity index (χ3v) is 3.37. The van der Waals surface area contributed by atoms with Crippen LogP contribution in [0, 0.1) is 0 Å². The fraction of sp³-hybridized carbons (Fsp3) is 0.375. The van der Waals surface area contributed by atoms with E-state index in [9.17, 15) is 0 Å². The van der Waals surface area contributed by atoms with Gasteiger partial charge in [-0.2, -0.15) is 9.97 Å². The molecule has 7 heteroatoms. The number of nitrogens with zero attached hydrogens (tertiary/aromatic N) is 4. The number of anilines is 1. The van der Waals surface area contributed by atoms with Crippen molar-refractivity contribution in [1.82, 2.24) is 20.3 Å². The van der Waals surface area contributed by atoms with E-state index in [1.807, 2.05) is 51.1 Å². The third kappa shape index (κ3) is 3.74. The Morgan fingerprint density at radius 1 is 0.957 bits per heavy atom. The molecule has 0 radical (unpaired) electrons. The monoisotopic (exact) mass is 313 g/mol. The molecule has 0 bridgehead atoms. The van der Waals surface area contributed by atoms with E-state index >= 15 is 0 Å². The van der Waals surface area contributed by atoms with Crippen LogP contribution in [-0.2, 0) is 6.42 Å². The highest BCUT2D eigenvalue weighted by atomic mass is 16.5. The Balaban J connectivity index is 1.64. The van der Waals surface area contributed by atoms with Crippen molar-refractivity contribution in [2.75, 3.05) is 5.32 Å². The summed E-state index contributed by atoms with van der Waals surface area (Å²) in [6.45, 7) is 5.93. The SMILES string of the molecule is CC(C)c1noc(NC(C)c2noc(Cc3ccccc3)n2)n1. The van der Waals surface area contributed by atoms with Crippen LogP contribution in [0.1, 0.15) is 55.8 Å². The minimum atomic E-state index is -0.191. The molecule has 2 aromatic heterocycles. The second-order valence-corrected chi connectivity index (χ2v) is 5.69. The molecule has 1 aromatic carbocycles. The predicted octanol–water partition coefficient (Wildman–Crippen LogP) is 3.34. The topological polar surface area (TPSA) is 89.9 Å². The van der Waals surface area contributed by atoms with E-state index in [1.165, 1.54) is 0 Å². The largest absolute Gasteiger partial charge is 0.339 e. The van der Waals surface area contributed by atoms with E-state index in [4.69, 9.17) is 9.05 Å². The van der Waals surface area contributed by atoms with Crippen molar-refractivity contribution < 1.29 is 9.05 Å². The summed E-state index contributed by atoms with van der Waals surface area (Å²) in [6.07, 6.45) is 0.610. The highest BCUT2D eigenvalue weighted by Gasteiger charge is 2.17. The van der Waals surface area contributed by atoms with E-state index in [1.54, 1.807) is 0 Å². The number of nitrogens with one attached hydrogen (secondary N) is 1. The van der Waals surface area contributed by atoms with Gasteiger partial charge in [-0.15, -0.1) is 0 Å². The molecule has 2 heterocycles. The van der Waals surface area contributed by atoms with Crippen molar-refractivity contribution in [3.63, 3.8) is 0 Å². The van der Waals surface area contributed by atoms with Gasteiger partial charge in [0.1, 0.15) is 0 Å². The number of hydrogen-bond donors (Lipinski definition) is 1. The van der Waals surface area contributed by atoms with Crippen LogP contribution in [0.25, 0.3) is 0 Å². The normalized spacial score (nSPS) is 12.5. The summed E-state index contributed by atoms with van der Waals surface area (Å²) in [5.74, 6) is 2.01. The van der Waals surface area contributed by atoms with Crippen LogP contribution in [-0.4, -0.2) is 20.3 Å². The molecule has 0 saturated heterocycles. The van der Waals surface area contributed by atoms with E-state index in [0.717, 1.165) is 5.56 Å². The van der Waals surface area contributed by atoms with Crippen molar-refractivity contribution >= 4 is 6.01 Å². The zero-order chi connectivity index (χ0) is 16.2. The Hall–Kier alpha value is -2.70. The first-order valence-electron chi connectivity index (χ1n) is 7.58. The Morgan fingerprint density at radius 3 is 2.39 bits per heavy atom. The second kappa shape index (κ2) is 6.60. The first-order chi connectivity index (χ1) is 11.1. The van der Waals surface area contributed by atoms with E-state index in [0.29, 0.717) is 30.0 Å². The van der Waals surface area contributed by atoms with Crippen LogP contribution in [0.4, 0.5) is 6.01 Å². The predicted molar refractivity (Wildman–Crippen MR) is 84.0 cm³/mol. The molecule has 1 N–H and O–H groups in total. The van der Waals surface area contributed by atoms with Crippen molar-refractivity contribution in [3.05, 3.63) is 53.4 Å². The Labute approximate surface area is 134 Å². The van der Waals surface area contributed by atoms with E-state index < -0.39 is 0 Å². The molecule has 1 atom stereocenters. The fourth-order valence-corrected chi connectivity index (χ4v) is 2.06. The van der Waals surface area contributed by atoms with Gasteiger partial charge in [0.2, 0.25) is 5.89 Å². The van der Waals surface area contributed by atoms with Crippen molar-refractivity contribution in [1.29, 1.82) is 0 Å². The lowest BCUT2D eigenvalue weighted by atomic mass is 10.1. The van der Waals surface area contributed by atoms with Crippen LogP contribution in [0.3, 0.4) is 0 Å². The molecule has 7 nitrogen and oxygen atoms in total. The number of benzene rings is 1. The van der Waals surface area contributed by atoms with Gasteiger partial charge in [0.15, 0.2) is 11.6 Å². The first-order valence-corrected chi connectivity index (χ1v) is 7.58. The number of aromatic nitrogens is 4. The summed E-state index contributed by atoms with van der Waals surface area (Å²) >= 11 is 0. The lowest BCUT2D eigenvalue weighted by molar-refractivity contribution is 0.376. The van der Waals surface area contributed by atoms with Gasteiger partial charge in [0.25, 0.3) is 0 Å². The van der Waals surface area contributed by atoms with Gasteiger partial charge in [-0.1, -0.05) is 54.5 Å². The van der Waals surface area contributed by atoms with Crippen molar-refractivity contribution in [2.45, 2.75) is 39.2 Å².